The lowest BCUT2D eigenvalue weighted by Crippen LogP contribution is -2.56. The van der Waals surface area contributed by atoms with E-state index < -0.39 is 0 Å². The fraction of sp³-hybridized carbons (Fsp3) is 0.500. The molecule has 1 heterocycles. The number of fused-ring (bicyclic) bond motifs is 1. The molecule has 0 unspecified atom stereocenters. The predicted molar refractivity (Wildman–Crippen MR) is 79.1 cm³/mol. The summed E-state index contributed by atoms with van der Waals surface area (Å²) in [6.07, 6.45) is 1.07. The van der Waals surface area contributed by atoms with E-state index in [1.165, 1.54) is 0 Å². The van der Waals surface area contributed by atoms with E-state index in [9.17, 15) is 9.59 Å². The van der Waals surface area contributed by atoms with Crippen LogP contribution in [0.2, 0.25) is 0 Å². The van der Waals surface area contributed by atoms with Crippen LogP contribution in [0.1, 0.15) is 18.4 Å². The molecular formula is C16H18ClNO3. The summed E-state index contributed by atoms with van der Waals surface area (Å²) < 4.78 is 5.37. The highest BCUT2D eigenvalue weighted by Gasteiger charge is 2.56. The number of halogens is 1. The largest absolute Gasteiger partial charge is 0.445 e. The molecule has 5 heteroatoms. The number of rotatable bonds is 4. The maximum atomic E-state index is 12.2. The van der Waals surface area contributed by atoms with Crippen molar-refractivity contribution in [3.05, 3.63) is 35.9 Å². The van der Waals surface area contributed by atoms with Crippen LogP contribution in [0.4, 0.5) is 4.79 Å². The quantitative estimate of drug-likeness (QED) is 0.804. The molecule has 0 radical (unpaired) electrons. The molecule has 1 aliphatic heterocycles. The summed E-state index contributed by atoms with van der Waals surface area (Å²) in [7, 11) is 0. The van der Waals surface area contributed by atoms with Gasteiger partial charge in [0.15, 0.2) is 0 Å². The Morgan fingerprint density at radius 3 is 2.81 bits per heavy atom. The molecule has 0 N–H and O–H groups in total. The zero-order valence-electron chi connectivity index (χ0n) is 11.7. The van der Waals surface area contributed by atoms with Gasteiger partial charge in [-0.2, -0.15) is 0 Å². The Labute approximate surface area is 129 Å². The first kappa shape index (κ1) is 14.4. The van der Waals surface area contributed by atoms with Crippen LogP contribution in [-0.2, 0) is 16.1 Å². The number of Topliss-reactive ketones (excluding diaryl/α,β-unsaturated/α-hetero) is 1. The van der Waals surface area contributed by atoms with E-state index in [-0.39, 0.29) is 36.4 Å². The molecule has 2 aliphatic rings. The number of hydrogen-bond acceptors (Lipinski definition) is 3. The molecular weight excluding hydrogens is 290 g/mol. The molecule has 21 heavy (non-hydrogen) atoms. The summed E-state index contributed by atoms with van der Waals surface area (Å²) in [4.78, 5) is 25.9. The number of carbonyl (C=O) groups is 2. The van der Waals surface area contributed by atoms with E-state index in [0.717, 1.165) is 12.0 Å². The number of alkyl halides is 1. The zero-order valence-corrected chi connectivity index (χ0v) is 12.5. The molecule has 3 rings (SSSR count). The third-order valence-electron chi connectivity index (χ3n) is 4.46. The van der Waals surface area contributed by atoms with Gasteiger partial charge in [0, 0.05) is 24.3 Å². The molecule has 2 fully saturated rings. The molecule has 0 aromatic heterocycles. The number of benzene rings is 1. The average molecular weight is 308 g/mol. The fourth-order valence-corrected chi connectivity index (χ4v) is 3.63. The fourth-order valence-electron chi connectivity index (χ4n) is 3.39. The van der Waals surface area contributed by atoms with Gasteiger partial charge in [-0.25, -0.2) is 4.79 Å². The standard InChI is InChI=1S/C16H18ClNO3/c17-8-6-12-14-13(15(12)19)7-9-18(14)16(20)21-10-11-4-2-1-3-5-11/h1-5,12-14H,6-10H2/t12-,13+,14+/m0/s1. The minimum atomic E-state index is -0.321. The van der Waals surface area contributed by atoms with Gasteiger partial charge in [0.2, 0.25) is 0 Å². The monoisotopic (exact) mass is 307 g/mol. The van der Waals surface area contributed by atoms with Gasteiger partial charge < -0.3 is 9.64 Å². The smallest absolute Gasteiger partial charge is 0.410 e. The average Bonchev–Trinajstić information content (AvgIpc) is 2.91. The molecule has 1 saturated heterocycles. The summed E-state index contributed by atoms with van der Waals surface area (Å²) in [5, 5.41) is 0. The van der Waals surface area contributed by atoms with Crippen LogP contribution in [0.3, 0.4) is 0 Å². The summed E-state index contributed by atoms with van der Waals surface area (Å²) in [5.41, 5.74) is 0.962. The van der Waals surface area contributed by atoms with E-state index in [1.807, 2.05) is 30.3 Å². The number of ketones is 1. The van der Waals surface area contributed by atoms with Crippen molar-refractivity contribution >= 4 is 23.5 Å². The lowest BCUT2D eigenvalue weighted by atomic mass is 9.68. The van der Waals surface area contributed by atoms with Gasteiger partial charge in [0.05, 0.1) is 6.04 Å². The topological polar surface area (TPSA) is 46.6 Å². The Balaban J connectivity index is 1.59. The second kappa shape index (κ2) is 6.06. The minimum Gasteiger partial charge on any atom is -0.445 e. The Bertz CT molecular complexity index is 534. The number of likely N-dealkylation sites (tertiary alicyclic amines) is 1. The highest BCUT2D eigenvalue weighted by molar-refractivity contribution is 6.18. The van der Waals surface area contributed by atoms with Crippen LogP contribution < -0.4 is 0 Å². The third-order valence-corrected chi connectivity index (χ3v) is 4.67. The Morgan fingerprint density at radius 2 is 2.10 bits per heavy atom. The molecule has 0 spiro atoms. The molecule has 1 aliphatic carbocycles. The van der Waals surface area contributed by atoms with E-state index in [2.05, 4.69) is 0 Å². The van der Waals surface area contributed by atoms with Crippen LogP contribution in [0.5, 0.6) is 0 Å². The number of hydrogen-bond donors (Lipinski definition) is 0. The van der Waals surface area contributed by atoms with Crippen LogP contribution >= 0.6 is 11.6 Å². The maximum Gasteiger partial charge on any atom is 0.410 e. The Morgan fingerprint density at radius 1 is 1.33 bits per heavy atom. The predicted octanol–water partition coefficient (Wildman–Crippen LogP) is 2.84. The first-order valence-electron chi connectivity index (χ1n) is 7.29. The van der Waals surface area contributed by atoms with Gasteiger partial charge >= 0.3 is 6.09 Å². The number of amides is 1. The normalized spacial score (nSPS) is 27.2. The maximum absolute atomic E-state index is 12.2. The number of ether oxygens (including phenoxy) is 1. The highest BCUT2D eigenvalue weighted by Crippen LogP contribution is 2.44. The van der Waals surface area contributed by atoms with Gasteiger partial charge in [-0.3, -0.25) is 4.79 Å². The second-order valence-electron chi connectivity index (χ2n) is 5.61. The van der Waals surface area contributed by atoms with Gasteiger partial charge in [0.25, 0.3) is 0 Å². The summed E-state index contributed by atoms with van der Waals surface area (Å²) >= 11 is 5.75. The van der Waals surface area contributed by atoms with Gasteiger partial charge in [-0.05, 0) is 18.4 Å². The molecule has 3 atom stereocenters. The molecule has 0 bridgehead atoms. The molecule has 112 valence electrons. The van der Waals surface area contributed by atoms with Crippen molar-refractivity contribution in [2.45, 2.75) is 25.5 Å². The molecule has 1 aromatic rings. The van der Waals surface area contributed by atoms with Crippen molar-refractivity contribution in [3.8, 4) is 0 Å². The van der Waals surface area contributed by atoms with Crippen molar-refractivity contribution in [1.29, 1.82) is 0 Å². The SMILES string of the molecule is O=C1[C@@H](CCCl)[C@@H]2[C@H]1CCN2C(=O)OCc1ccccc1. The molecule has 1 amide bonds. The lowest BCUT2D eigenvalue weighted by Gasteiger charge is -2.41. The van der Waals surface area contributed by atoms with Gasteiger partial charge in [-0.1, -0.05) is 30.3 Å². The van der Waals surface area contributed by atoms with E-state index in [1.54, 1.807) is 4.90 Å². The highest BCUT2D eigenvalue weighted by atomic mass is 35.5. The van der Waals surface area contributed by atoms with Crippen molar-refractivity contribution in [2.24, 2.45) is 11.8 Å². The first-order valence-corrected chi connectivity index (χ1v) is 7.83. The second-order valence-corrected chi connectivity index (χ2v) is 5.98. The van der Waals surface area contributed by atoms with Gasteiger partial charge in [0.1, 0.15) is 12.4 Å². The first-order chi connectivity index (χ1) is 10.2. The minimum absolute atomic E-state index is 0.000441. The van der Waals surface area contributed by atoms with Crippen molar-refractivity contribution in [2.75, 3.05) is 12.4 Å². The molecule has 4 nitrogen and oxygen atoms in total. The van der Waals surface area contributed by atoms with Crippen molar-refractivity contribution in [3.63, 3.8) is 0 Å². The van der Waals surface area contributed by atoms with E-state index in [0.29, 0.717) is 18.8 Å². The van der Waals surface area contributed by atoms with E-state index in [4.69, 9.17) is 16.3 Å². The lowest BCUT2D eigenvalue weighted by molar-refractivity contribution is -0.139. The van der Waals surface area contributed by atoms with Crippen LogP contribution in [-0.4, -0.2) is 35.2 Å². The number of nitrogens with zero attached hydrogens (tertiary/aromatic N) is 1. The summed E-state index contributed by atoms with van der Waals surface area (Å²) in [5.74, 6) is 0.618. The Kier molecular flexibility index (Phi) is 4.15. The Hall–Kier alpha value is -1.55. The number of carbonyl (C=O) groups excluding carboxylic acids is 2. The van der Waals surface area contributed by atoms with Crippen LogP contribution in [0, 0.1) is 11.8 Å². The van der Waals surface area contributed by atoms with Crippen molar-refractivity contribution < 1.29 is 14.3 Å². The molecule has 1 aromatic carbocycles. The molecule has 1 saturated carbocycles. The summed E-state index contributed by atoms with van der Waals surface area (Å²) in [6, 6.07) is 9.59. The zero-order chi connectivity index (χ0) is 14.8. The van der Waals surface area contributed by atoms with Crippen LogP contribution in [0.15, 0.2) is 30.3 Å². The van der Waals surface area contributed by atoms with Crippen molar-refractivity contribution in [1.82, 2.24) is 4.90 Å². The van der Waals surface area contributed by atoms with Gasteiger partial charge in [-0.15, -0.1) is 11.6 Å². The third kappa shape index (κ3) is 2.64. The van der Waals surface area contributed by atoms with Crippen LogP contribution in [0.25, 0.3) is 0 Å². The van der Waals surface area contributed by atoms with E-state index >= 15 is 0 Å². The summed E-state index contributed by atoms with van der Waals surface area (Å²) in [6.45, 7) is 0.870.